The molecule has 0 radical (unpaired) electrons. The number of aromatic amines is 2. The van der Waals surface area contributed by atoms with E-state index in [9.17, 15) is 19.2 Å². The number of aryl methyl sites for hydroxylation is 1. The van der Waals surface area contributed by atoms with Crippen molar-refractivity contribution in [1.29, 1.82) is 0 Å². The Morgan fingerprint density at radius 1 is 1.14 bits per heavy atom. The van der Waals surface area contributed by atoms with Gasteiger partial charge in [-0.15, -0.1) is 0 Å². The average molecular weight is 289 g/mol. The summed E-state index contributed by atoms with van der Waals surface area (Å²) in [6.45, 7) is 1.59. The Hall–Kier alpha value is -3.16. The van der Waals surface area contributed by atoms with Crippen LogP contribution >= 0.6 is 0 Å². The van der Waals surface area contributed by atoms with E-state index in [0.717, 1.165) is 6.07 Å². The lowest BCUT2D eigenvalue weighted by molar-refractivity contribution is 0.0696. The molecular weight excluding hydrogens is 278 g/mol. The van der Waals surface area contributed by atoms with E-state index in [4.69, 9.17) is 5.11 Å². The summed E-state index contributed by atoms with van der Waals surface area (Å²) in [6.07, 6.45) is 0. The van der Waals surface area contributed by atoms with Crippen LogP contribution in [0.4, 0.5) is 5.69 Å². The molecule has 4 N–H and O–H groups in total. The largest absolute Gasteiger partial charge is 0.478 e. The molecule has 108 valence electrons. The van der Waals surface area contributed by atoms with E-state index in [1.54, 1.807) is 6.92 Å². The normalized spacial score (nSPS) is 10.1. The van der Waals surface area contributed by atoms with E-state index in [1.165, 1.54) is 18.2 Å². The van der Waals surface area contributed by atoms with E-state index in [-0.39, 0.29) is 11.3 Å². The Morgan fingerprint density at radius 3 is 2.43 bits per heavy atom. The quantitative estimate of drug-likeness (QED) is 0.646. The minimum absolute atomic E-state index is 0.123. The number of carboxylic acids is 1. The third-order valence-corrected chi connectivity index (χ3v) is 2.72. The molecule has 8 nitrogen and oxygen atoms in total. The third-order valence-electron chi connectivity index (χ3n) is 2.72. The van der Waals surface area contributed by atoms with Crippen molar-refractivity contribution in [3.63, 3.8) is 0 Å². The monoisotopic (exact) mass is 289 g/mol. The first-order chi connectivity index (χ1) is 9.86. The smallest absolute Gasteiger partial charge is 0.335 e. The molecule has 1 aromatic carbocycles. The first-order valence-electron chi connectivity index (χ1n) is 5.86. The number of hydrogen-bond donors (Lipinski definition) is 4. The van der Waals surface area contributed by atoms with Crippen LogP contribution in [0.25, 0.3) is 0 Å². The maximum atomic E-state index is 11.9. The second kappa shape index (κ2) is 5.45. The molecule has 0 aliphatic carbocycles. The van der Waals surface area contributed by atoms with Gasteiger partial charge in [-0.25, -0.2) is 9.59 Å². The molecule has 0 aliphatic heterocycles. The zero-order chi connectivity index (χ0) is 15.6. The minimum Gasteiger partial charge on any atom is -0.478 e. The Morgan fingerprint density at radius 2 is 1.86 bits per heavy atom. The molecule has 1 amide bonds. The molecule has 0 spiro atoms. The van der Waals surface area contributed by atoms with Crippen molar-refractivity contribution in [2.45, 2.75) is 6.92 Å². The highest BCUT2D eigenvalue weighted by atomic mass is 16.4. The van der Waals surface area contributed by atoms with Crippen molar-refractivity contribution >= 4 is 17.6 Å². The molecule has 0 aliphatic rings. The van der Waals surface area contributed by atoms with E-state index in [1.807, 2.05) is 4.98 Å². The van der Waals surface area contributed by atoms with Crippen LogP contribution in [-0.2, 0) is 0 Å². The van der Waals surface area contributed by atoms with Gasteiger partial charge in [0, 0.05) is 11.8 Å². The molecule has 2 aromatic rings. The van der Waals surface area contributed by atoms with Crippen LogP contribution in [0.3, 0.4) is 0 Å². The molecule has 0 bridgehead atoms. The number of H-pyrrole nitrogens is 2. The number of carbonyl (C=O) groups is 2. The summed E-state index contributed by atoms with van der Waals surface area (Å²) in [4.78, 5) is 49.1. The number of rotatable bonds is 3. The van der Waals surface area contributed by atoms with Gasteiger partial charge in [0.25, 0.3) is 11.5 Å². The summed E-state index contributed by atoms with van der Waals surface area (Å²) in [5.41, 5.74) is -0.726. The highest BCUT2D eigenvalue weighted by Crippen LogP contribution is 2.15. The minimum atomic E-state index is -1.07. The average Bonchev–Trinajstić information content (AvgIpc) is 2.37. The lowest BCUT2D eigenvalue weighted by Crippen LogP contribution is -2.27. The fourth-order valence-corrected chi connectivity index (χ4v) is 1.77. The van der Waals surface area contributed by atoms with E-state index in [2.05, 4.69) is 10.3 Å². The summed E-state index contributed by atoms with van der Waals surface area (Å²) in [6, 6.07) is 5.20. The van der Waals surface area contributed by atoms with Crippen LogP contribution in [0.15, 0.2) is 33.9 Å². The molecule has 21 heavy (non-hydrogen) atoms. The predicted octanol–water partition coefficient (Wildman–Crippen LogP) is 0.322. The summed E-state index contributed by atoms with van der Waals surface area (Å²) < 4.78 is 0. The number of nitrogens with one attached hydrogen (secondary N) is 3. The number of aromatic nitrogens is 2. The Bertz CT molecular complexity index is 806. The Kier molecular flexibility index (Phi) is 3.70. The number of carbonyl (C=O) groups excluding carboxylic acids is 1. The maximum Gasteiger partial charge on any atom is 0.335 e. The number of hydrogen-bond acceptors (Lipinski definition) is 4. The highest BCUT2D eigenvalue weighted by molar-refractivity contribution is 6.03. The van der Waals surface area contributed by atoms with E-state index >= 15 is 0 Å². The van der Waals surface area contributed by atoms with Gasteiger partial charge in [0.05, 0.1) is 5.56 Å². The van der Waals surface area contributed by atoms with Crippen molar-refractivity contribution < 1.29 is 14.7 Å². The summed E-state index contributed by atoms with van der Waals surface area (Å²) in [7, 11) is 0. The number of benzene rings is 1. The van der Waals surface area contributed by atoms with E-state index < -0.39 is 23.1 Å². The molecule has 0 unspecified atom stereocenters. The molecular formula is C13H11N3O5. The first kappa shape index (κ1) is 14.3. The predicted molar refractivity (Wildman–Crippen MR) is 73.8 cm³/mol. The Balaban J connectivity index is 2.27. The first-order valence-corrected chi connectivity index (χ1v) is 5.86. The third kappa shape index (κ3) is 3.24. The fraction of sp³-hybridized carbons (Fsp3) is 0.0769. The lowest BCUT2D eigenvalue weighted by atomic mass is 10.1. The second-order valence-electron chi connectivity index (χ2n) is 4.29. The summed E-state index contributed by atoms with van der Waals surface area (Å²) >= 11 is 0. The molecule has 0 fully saturated rings. The SMILES string of the molecule is Cc1cc(NC(=O)c2cc(=O)[nH]c(=O)[nH]2)ccc1C(=O)O. The zero-order valence-corrected chi connectivity index (χ0v) is 10.9. The van der Waals surface area contributed by atoms with Crippen LogP contribution in [-0.4, -0.2) is 27.0 Å². The second-order valence-corrected chi connectivity index (χ2v) is 4.29. The standard InChI is InChI=1S/C13H11N3O5/c1-6-4-7(2-3-8(6)12(19)20)14-11(18)9-5-10(17)16-13(21)15-9/h2-5H,1H3,(H,14,18)(H,19,20)(H2,15,16,17,21). The molecule has 1 aromatic heterocycles. The van der Waals surface area contributed by atoms with Crippen LogP contribution < -0.4 is 16.6 Å². The van der Waals surface area contributed by atoms with Gasteiger partial charge >= 0.3 is 11.7 Å². The summed E-state index contributed by atoms with van der Waals surface area (Å²) in [5.74, 6) is -1.75. The van der Waals surface area contributed by atoms with Gasteiger partial charge in [-0.3, -0.25) is 14.6 Å². The van der Waals surface area contributed by atoms with Gasteiger partial charge in [0.15, 0.2) is 0 Å². The molecule has 8 heteroatoms. The van der Waals surface area contributed by atoms with Crippen molar-refractivity contribution in [1.82, 2.24) is 9.97 Å². The van der Waals surface area contributed by atoms with Gasteiger partial charge in [-0.1, -0.05) is 0 Å². The van der Waals surface area contributed by atoms with Crippen LogP contribution in [0, 0.1) is 6.92 Å². The number of aromatic carboxylic acids is 1. The molecule has 1 heterocycles. The van der Waals surface area contributed by atoms with Gasteiger partial charge in [-0.2, -0.15) is 0 Å². The Labute approximate surface area is 117 Å². The summed E-state index contributed by atoms with van der Waals surface area (Å²) in [5, 5.41) is 11.4. The van der Waals surface area contributed by atoms with Crippen molar-refractivity contribution in [3.05, 3.63) is 61.9 Å². The number of carboxylic acid groups (broad SMARTS) is 1. The molecule has 0 atom stereocenters. The maximum absolute atomic E-state index is 11.9. The fourth-order valence-electron chi connectivity index (χ4n) is 1.77. The number of anilines is 1. The van der Waals surface area contributed by atoms with Crippen LogP contribution in [0.1, 0.15) is 26.4 Å². The number of amides is 1. The molecule has 2 rings (SSSR count). The van der Waals surface area contributed by atoms with Crippen LogP contribution in [0.5, 0.6) is 0 Å². The zero-order valence-electron chi connectivity index (χ0n) is 10.9. The van der Waals surface area contributed by atoms with Crippen molar-refractivity contribution in [2.24, 2.45) is 0 Å². The molecule has 0 saturated carbocycles. The van der Waals surface area contributed by atoms with Gasteiger partial charge in [0.2, 0.25) is 0 Å². The van der Waals surface area contributed by atoms with Gasteiger partial charge in [-0.05, 0) is 30.7 Å². The van der Waals surface area contributed by atoms with Crippen molar-refractivity contribution in [2.75, 3.05) is 5.32 Å². The topological polar surface area (TPSA) is 132 Å². The van der Waals surface area contributed by atoms with Gasteiger partial charge < -0.3 is 15.4 Å². The lowest BCUT2D eigenvalue weighted by Gasteiger charge is -2.07. The van der Waals surface area contributed by atoms with E-state index in [0.29, 0.717) is 11.3 Å². The highest BCUT2D eigenvalue weighted by Gasteiger charge is 2.11. The van der Waals surface area contributed by atoms with Crippen molar-refractivity contribution in [3.8, 4) is 0 Å². The van der Waals surface area contributed by atoms with Gasteiger partial charge in [0.1, 0.15) is 5.69 Å². The molecule has 0 saturated heterocycles. The van der Waals surface area contributed by atoms with Crippen LogP contribution in [0.2, 0.25) is 0 Å².